The van der Waals surface area contributed by atoms with Gasteiger partial charge in [-0.1, -0.05) is 31.2 Å². The molecule has 1 aromatic carbocycles. The van der Waals surface area contributed by atoms with Crippen LogP contribution in [0.25, 0.3) is 0 Å². The van der Waals surface area contributed by atoms with Gasteiger partial charge in [-0.25, -0.2) is 0 Å². The summed E-state index contributed by atoms with van der Waals surface area (Å²) in [5.41, 5.74) is 1.06. The highest BCUT2D eigenvalue weighted by atomic mass is 16.5. The number of benzene rings is 1. The first-order chi connectivity index (χ1) is 10.0. The van der Waals surface area contributed by atoms with Crippen LogP contribution in [0.2, 0.25) is 0 Å². The molecule has 1 aliphatic carbocycles. The Morgan fingerprint density at radius 3 is 2.33 bits per heavy atom. The van der Waals surface area contributed by atoms with Crippen LogP contribution in [0.5, 0.6) is 0 Å². The molecule has 0 aromatic heterocycles. The summed E-state index contributed by atoms with van der Waals surface area (Å²) in [6.07, 6.45) is 1.90. The Balaban J connectivity index is 2.22. The Labute approximate surface area is 122 Å². The van der Waals surface area contributed by atoms with Gasteiger partial charge in [-0.2, -0.15) is 0 Å². The van der Waals surface area contributed by atoms with Crippen molar-refractivity contribution in [2.75, 3.05) is 0 Å². The van der Waals surface area contributed by atoms with E-state index in [1.807, 2.05) is 6.92 Å². The van der Waals surface area contributed by atoms with Crippen LogP contribution in [0, 0.1) is 0 Å². The van der Waals surface area contributed by atoms with Crippen molar-refractivity contribution in [3.63, 3.8) is 0 Å². The third-order valence-corrected chi connectivity index (χ3v) is 3.75. The zero-order chi connectivity index (χ0) is 15.1. The minimum Gasteiger partial charge on any atom is -0.481 e. The molecule has 2 aliphatic rings. The summed E-state index contributed by atoms with van der Waals surface area (Å²) in [6.45, 7) is 3.29. The van der Waals surface area contributed by atoms with Crippen molar-refractivity contribution in [3.8, 4) is 0 Å². The summed E-state index contributed by atoms with van der Waals surface area (Å²) in [5.74, 6) is -0.871. The fourth-order valence-corrected chi connectivity index (χ4v) is 2.66. The normalized spacial score (nSPS) is 20.5. The van der Waals surface area contributed by atoms with E-state index in [-0.39, 0.29) is 40.4 Å². The number of ketones is 3. The number of carbonyl (C=O) groups is 3. The standard InChI is InChI=1S/C17H14O4/c1-3-10-8-13(9(2)18)14-15(19)11-6-4-5-7-12(11)16(20)17(14)21-10/h4-8,10H,3H2,1-2H3. The Kier molecular flexibility index (Phi) is 3.09. The topological polar surface area (TPSA) is 60.4 Å². The van der Waals surface area contributed by atoms with Crippen molar-refractivity contribution in [1.82, 2.24) is 0 Å². The lowest BCUT2D eigenvalue weighted by atomic mass is 9.82. The van der Waals surface area contributed by atoms with Gasteiger partial charge in [0.2, 0.25) is 5.78 Å². The Bertz CT molecular complexity index is 737. The van der Waals surface area contributed by atoms with Crippen molar-refractivity contribution in [2.24, 2.45) is 0 Å². The highest BCUT2D eigenvalue weighted by molar-refractivity contribution is 6.30. The molecule has 21 heavy (non-hydrogen) atoms. The molecular weight excluding hydrogens is 268 g/mol. The number of fused-ring (bicyclic) bond motifs is 1. The Morgan fingerprint density at radius 2 is 1.76 bits per heavy atom. The first-order valence-corrected chi connectivity index (χ1v) is 6.87. The molecule has 4 heteroatoms. The van der Waals surface area contributed by atoms with E-state index in [9.17, 15) is 14.4 Å². The Morgan fingerprint density at radius 1 is 1.14 bits per heavy atom. The molecule has 0 radical (unpaired) electrons. The molecular formula is C17H14O4. The molecule has 0 fully saturated rings. The van der Waals surface area contributed by atoms with E-state index in [0.29, 0.717) is 17.5 Å². The van der Waals surface area contributed by atoms with E-state index in [0.717, 1.165) is 0 Å². The molecule has 1 atom stereocenters. The summed E-state index contributed by atoms with van der Waals surface area (Å²) >= 11 is 0. The molecule has 4 nitrogen and oxygen atoms in total. The molecule has 0 saturated heterocycles. The molecule has 0 amide bonds. The van der Waals surface area contributed by atoms with Crippen LogP contribution in [0.3, 0.4) is 0 Å². The van der Waals surface area contributed by atoms with Gasteiger partial charge in [-0.3, -0.25) is 14.4 Å². The van der Waals surface area contributed by atoms with Gasteiger partial charge in [0.05, 0.1) is 5.57 Å². The first-order valence-electron chi connectivity index (χ1n) is 6.87. The van der Waals surface area contributed by atoms with Gasteiger partial charge in [0.25, 0.3) is 0 Å². The van der Waals surface area contributed by atoms with E-state index in [4.69, 9.17) is 4.74 Å². The summed E-state index contributed by atoms with van der Waals surface area (Å²) in [4.78, 5) is 37.0. The van der Waals surface area contributed by atoms with E-state index in [1.165, 1.54) is 6.92 Å². The van der Waals surface area contributed by atoms with Crippen molar-refractivity contribution in [1.29, 1.82) is 0 Å². The molecule has 0 bridgehead atoms. The van der Waals surface area contributed by atoms with Crippen LogP contribution in [-0.4, -0.2) is 23.5 Å². The van der Waals surface area contributed by atoms with E-state index < -0.39 is 0 Å². The van der Waals surface area contributed by atoms with Gasteiger partial charge < -0.3 is 4.74 Å². The van der Waals surface area contributed by atoms with Crippen LogP contribution in [0.15, 0.2) is 47.2 Å². The second-order valence-corrected chi connectivity index (χ2v) is 5.11. The number of hydrogen-bond acceptors (Lipinski definition) is 4. The summed E-state index contributed by atoms with van der Waals surface area (Å²) in [6, 6.07) is 6.61. The van der Waals surface area contributed by atoms with Crippen molar-refractivity contribution < 1.29 is 19.1 Å². The number of allylic oxidation sites excluding steroid dienone is 3. The summed E-state index contributed by atoms with van der Waals surface area (Å²) < 4.78 is 5.64. The summed E-state index contributed by atoms with van der Waals surface area (Å²) in [5, 5.41) is 0. The summed E-state index contributed by atoms with van der Waals surface area (Å²) in [7, 11) is 0. The molecule has 0 saturated carbocycles. The van der Waals surface area contributed by atoms with E-state index in [1.54, 1.807) is 30.3 Å². The number of hydrogen-bond donors (Lipinski definition) is 0. The van der Waals surface area contributed by atoms with Gasteiger partial charge in [-0.15, -0.1) is 0 Å². The van der Waals surface area contributed by atoms with Gasteiger partial charge in [-0.05, 0) is 19.4 Å². The van der Waals surface area contributed by atoms with Crippen LogP contribution in [-0.2, 0) is 9.53 Å². The van der Waals surface area contributed by atoms with Crippen LogP contribution < -0.4 is 0 Å². The zero-order valence-corrected chi connectivity index (χ0v) is 11.8. The minimum absolute atomic E-state index is 0.0123. The maximum Gasteiger partial charge on any atom is 0.229 e. The quantitative estimate of drug-likeness (QED) is 0.836. The first kappa shape index (κ1) is 13.5. The van der Waals surface area contributed by atoms with Crippen molar-refractivity contribution in [2.45, 2.75) is 26.4 Å². The molecule has 1 heterocycles. The molecule has 0 N–H and O–H groups in total. The van der Waals surface area contributed by atoms with Gasteiger partial charge in [0, 0.05) is 16.7 Å². The van der Waals surface area contributed by atoms with Crippen LogP contribution in [0.4, 0.5) is 0 Å². The maximum atomic E-state index is 12.6. The van der Waals surface area contributed by atoms with E-state index >= 15 is 0 Å². The number of ether oxygens (including phenoxy) is 1. The molecule has 106 valence electrons. The predicted molar refractivity (Wildman–Crippen MR) is 76.1 cm³/mol. The highest BCUT2D eigenvalue weighted by Gasteiger charge is 2.39. The molecule has 3 rings (SSSR count). The Hall–Kier alpha value is -2.49. The van der Waals surface area contributed by atoms with Gasteiger partial charge >= 0.3 is 0 Å². The second-order valence-electron chi connectivity index (χ2n) is 5.11. The zero-order valence-electron chi connectivity index (χ0n) is 11.8. The average Bonchev–Trinajstić information content (AvgIpc) is 2.51. The lowest BCUT2D eigenvalue weighted by molar-refractivity contribution is -0.113. The van der Waals surface area contributed by atoms with Crippen molar-refractivity contribution in [3.05, 3.63) is 58.4 Å². The fourth-order valence-electron chi connectivity index (χ4n) is 2.66. The average molecular weight is 282 g/mol. The third-order valence-electron chi connectivity index (χ3n) is 3.75. The monoisotopic (exact) mass is 282 g/mol. The van der Waals surface area contributed by atoms with Crippen LogP contribution >= 0.6 is 0 Å². The number of carbonyl (C=O) groups excluding carboxylic acids is 3. The van der Waals surface area contributed by atoms with Crippen LogP contribution in [0.1, 0.15) is 41.0 Å². The van der Waals surface area contributed by atoms with Crippen molar-refractivity contribution >= 4 is 17.3 Å². The molecule has 1 aromatic rings. The van der Waals surface area contributed by atoms with Gasteiger partial charge in [0.15, 0.2) is 17.3 Å². The lowest BCUT2D eigenvalue weighted by Gasteiger charge is -2.28. The highest BCUT2D eigenvalue weighted by Crippen LogP contribution is 2.35. The molecule has 1 aliphatic heterocycles. The van der Waals surface area contributed by atoms with Gasteiger partial charge in [0.1, 0.15) is 6.10 Å². The molecule has 0 spiro atoms. The third kappa shape index (κ3) is 1.95. The minimum atomic E-state index is -0.357. The second kappa shape index (κ2) is 4.81. The maximum absolute atomic E-state index is 12.6. The predicted octanol–water partition coefficient (Wildman–Crippen LogP) is 2.64. The SMILES string of the molecule is CCC1C=C(C(C)=O)C2=C(O1)C(=O)c1ccccc1C2=O. The van der Waals surface area contributed by atoms with E-state index in [2.05, 4.69) is 0 Å². The smallest absolute Gasteiger partial charge is 0.229 e. The molecule has 1 unspecified atom stereocenters. The lowest BCUT2D eigenvalue weighted by Crippen LogP contribution is -2.31. The number of Topliss-reactive ketones (excluding diaryl/α,β-unsaturated/α-hetero) is 3. The largest absolute Gasteiger partial charge is 0.481 e. The number of rotatable bonds is 2. The fraction of sp³-hybridized carbons (Fsp3) is 0.235.